The average molecular weight is 374 g/mol. The minimum atomic E-state index is -4.67. The third kappa shape index (κ3) is 5.10. The molecule has 2 rings (SSSR count). The molecule has 0 unspecified atom stereocenters. The molecule has 0 spiro atoms. The highest BCUT2D eigenvalue weighted by Gasteiger charge is 2.34. The van der Waals surface area contributed by atoms with E-state index in [1.165, 1.54) is 12.1 Å². The molecular formula is C21H21F3N2O. The fourth-order valence-corrected chi connectivity index (χ4v) is 2.97. The van der Waals surface area contributed by atoms with Crippen molar-refractivity contribution >= 4 is 11.6 Å². The topological polar surface area (TPSA) is 52.9 Å². The number of unbranched alkanes of at least 4 members (excludes halogenated alkanes) is 2. The zero-order valence-electron chi connectivity index (χ0n) is 15.3. The molecule has 2 aromatic rings. The van der Waals surface area contributed by atoms with E-state index in [2.05, 4.69) is 12.2 Å². The summed E-state index contributed by atoms with van der Waals surface area (Å²) < 4.78 is 39.3. The molecular weight excluding hydrogens is 353 g/mol. The van der Waals surface area contributed by atoms with Crippen molar-refractivity contribution in [3.05, 3.63) is 64.2 Å². The molecule has 0 aromatic heterocycles. The van der Waals surface area contributed by atoms with Crippen LogP contribution in [0.1, 0.15) is 58.8 Å². The molecule has 6 heteroatoms. The maximum Gasteiger partial charge on any atom is 0.417 e. The van der Waals surface area contributed by atoms with Crippen LogP contribution in [0.4, 0.5) is 18.9 Å². The maximum atomic E-state index is 13.1. The molecule has 0 fully saturated rings. The number of benzene rings is 2. The second kappa shape index (κ2) is 8.72. The zero-order valence-corrected chi connectivity index (χ0v) is 15.3. The first-order valence-corrected chi connectivity index (χ1v) is 8.79. The number of alkyl halides is 3. The van der Waals surface area contributed by atoms with Gasteiger partial charge in [-0.15, -0.1) is 0 Å². The molecule has 0 saturated carbocycles. The van der Waals surface area contributed by atoms with Crippen LogP contribution in [0.25, 0.3) is 0 Å². The summed E-state index contributed by atoms with van der Waals surface area (Å²) in [6.07, 6.45) is -0.896. The first-order valence-electron chi connectivity index (χ1n) is 8.79. The Morgan fingerprint density at radius 1 is 1.19 bits per heavy atom. The summed E-state index contributed by atoms with van der Waals surface area (Å²) in [6.45, 7) is 3.89. The van der Waals surface area contributed by atoms with Crippen LogP contribution in [0.2, 0.25) is 0 Å². The Morgan fingerprint density at radius 2 is 1.93 bits per heavy atom. The first kappa shape index (κ1) is 20.5. The highest BCUT2D eigenvalue weighted by Crippen LogP contribution is 2.33. The predicted molar refractivity (Wildman–Crippen MR) is 98.5 cm³/mol. The minimum absolute atomic E-state index is 0.00841. The molecule has 2 aromatic carbocycles. The number of hydrogen-bond donors (Lipinski definition) is 1. The lowest BCUT2D eigenvalue weighted by molar-refractivity contribution is -0.137. The van der Waals surface area contributed by atoms with Gasteiger partial charge >= 0.3 is 6.18 Å². The molecule has 1 amide bonds. The largest absolute Gasteiger partial charge is 0.417 e. The number of hydrogen-bond acceptors (Lipinski definition) is 2. The van der Waals surface area contributed by atoms with Crippen LogP contribution in [-0.2, 0) is 12.6 Å². The molecule has 0 aliphatic carbocycles. The van der Waals surface area contributed by atoms with Crippen LogP contribution in [-0.4, -0.2) is 5.91 Å². The predicted octanol–water partition coefficient (Wildman–Crippen LogP) is 5.87. The molecule has 3 nitrogen and oxygen atoms in total. The van der Waals surface area contributed by atoms with Gasteiger partial charge in [0.05, 0.1) is 17.2 Å². The van der Waals surface area contributed by atoms with E-state index in [1.807, 2.05) is 12.1 Å². The van der Waals surface area contributed by atoms with Crippen molar-refractivity contribution in [1.29, 1.82) is 5.26 Å². The Labute approximate surface area is 156 Å². The van der Waals surface area contributed by atoms with Crippen molar-refractivity contribution in [3.8, 4) is 6.07 Å². The third-order valence-electron chi connectivity index (χ3n) is 4.34. The number of nitrogens with one attached hydrogen (secondary N) is 1. The number of rotatable bonds is 6. The van der Waals surface area contributed by atoms with Crippen LogP contribution in [0.3, 0.4) is 0 Å². The van der Waals surface area contributed by atoms with E-state index in [4.69, 9.17) is 5.26 Å². The maximum absolute atomic E-state index is 13.1. The number of amides is 1. The van der Waals surface area contributed by atoms with Crippen LogP contribution in [0, 0.1) is 18.3 Å². The molecule has 0 radical (unpaired) electrons. The van der Waals surface area contributed by atoms with E-state index in [0.29, 0.717) is 5.56 Å². The number of carbonyl (C=O) groups is 1. The molecule has 0 heterocycles. The fraction of sp³-hybridized carbons (Fsp3) is 0.333. The molecule has 142 valence electrons. The lowest BCUT2D eigenvalue weighted by Crippen LogP contribution is -2.17. The van der Waals surface area contributed by atoms with Crippen LogP contribution in [0.5, 0.6) is 0 Å². The second-order valence-corrected chi connectivity index (χ2v) is 6.39. The molecule has 0 saturated heterocycles. The van der Waals surface area contributed by atoms with Gasteiger partial charge < -0.3 is 5.32 Å². The van der Waals surface area contributed by atoms with Crippen molar-refractivity contribution in [3.63, 3.8) is 0 Å². The Bertz CT molecular complexity index is 867. The van der Waals surface area contributed by atoms with Gasteiger partial charge in [0.25, 0.3) is 5.91 Å². The van der Waals surface area contributed by atoms with Crippen LogP contribution >= 0.6 is 0 Å². The SMILES string of the molecule is CCCCCc1cccc(C)c1C(=O)Nc1ccc(C#N)c(C(F)(F)F)c1. The fourth-order valence-electron chi connectivity index (χ4n) is 2.97. The van der Waals surface area contributed by atoms with E-state index >= 15 is 0 Å². The summed E-state index contributed by atoms with van der Waals surface area (Å²) in [7, 11) is 0. The summed E-state index contributed by atoms with van der Waals surface area (Å²) in [4.78, 5) is 12.7. The Hall–Kier alpha value is -2.81. The smallest absolute Gasteiger partial charge is 0.322 e. The normalized spacial score (nSPS) is 11.1. The van der Waals surface area contributed by atoms with Crippen molar-refractivity contribution in [2.45, 2.75) is 45.7 Å². The molecule has 0 aliphatic rings. The summed E-state index contributed by atoms with van der Waals surface area (Å²) in [5.41, 5.74) is 0.616. The van der Waals surface area contributed by atoms with Crippen molar-refractivity contribution < 1.29 is 18.0 Å². The average Bonchev–Trinajstić information content (AvgIpc) is 2.61. The monoisotopic (exact) mass is 374 g/mol. The van der Waals surface area contributed by atoms with Crippen LogP contribution in [0.15, 0.2) is 36.4 Å². The van der Waals surface area contributed by atoms with Crippen LogP contribution < -0.4 is 5.32 Å². The van der Waals surface area contributed by atoms with Gasteiger partial charge in [0.2, 0.25) is 0 Å². The van der Waals surface area contributed by atoms with Gasteiger partial charge in [-0.25, -0.2) is 0 Å². The number of anilines is 1. The number of aryl methyl sites for hydroxylation is 2. The number of carbonyl (C=O) groups excluding carboxylic acids is 1. The van der Waals surface area contributed by atoms with Crippen molar-refractivity contribution in [2.24, 2.45) is 0 Å². The zero-order chi connectivity index (χ0) is 20.0. The van der Waals surface area contributed by atoms with Gasteiger partial charge in [-0.1, -0.05) is 38.0 Å². The van der Waals surface area contributed by atoms with Gasteiger partial charge in [-0.05, 0) is 49.1 Å². The Balaban J connectivity index is 2.32. The van der Waals surface area contributed by atoms with Gasteiger partial charge in [0.15, 0.2) is 0 Å². The van der Waals surface area contributed by atoms with Crippen molar-refractivity contribution in [1.82, 2.24) is 0 Å². The van der Waals surface area contributed by atoms with E-state index in [0.717, 1.165) is 48.9 Å². The summed E-state index contributed by atoms with van der Waals surface area (Å²) in [5, 5.41) is 11.4. The van der Waals surface area contributed by atoms with E-state index < -0.39 is 23.2 Å². The lowest BCUT2D eigenvalue weighted by Gasteiger charge is -2.15. The lowest BCUT2D eigenvalue weighted by atomic mass is 9.96. The van der Waals surface area contributed by atoms with Gasteiger partial charge in [-0.2, -0.15) is 18.4 Å². The number of nitriles is 1. The summed E-state index contributed by atoms with van der Waals surface area (Å²) in [6, 6.07) is 10.2. The van der Waals surface area contributed by atoms with Gasteiger partial charge in [-0.3, -0.25) is 4.79 Å². The highest BCUT2D eigenvalue weighted by atomic mass is 19.4. The highest BCUT2D eigenvalue weighted by molar-refractivity contribution is 6.06. The van der Waals surface area contributed by atoms with E-state index in [-0.39, 0.29) is 5.69 Å². The standard InChI is InChI=1S/C21H21F3N2O/c1-3-4-5-8-15-9-6-7-14(2)19(15)20(27)26-17-11-10-16(13-25)18(12-17)21(22,23)24/h6-7,9-12H,3-5,8H2,1-2H3,(H,26,27). The quantitative estimate of drug-likeness (QED) is 0.643. The minimum Gasteiger partial charge on any atom is -0.322 e. The Morgan fingerprint density at radius 3 is 2.56 bits per heavy atom. The Kier molecular flexibility index (Phi) is 6.62. The molecule has 27 heavy (non-hydrogen) atoms. The molecule has 0 bridgehead atoms. The number of halogens is 3. The molecule has 1 N–H and O–H groups in total. The second-order valence-electron chi connectivity index (χ2n) is 6.39. The van der Waals surface area contributed by atoms with E-state index in [1.54, 1.807) is 13.0 Å². The summed E-state index contributed by atoms with van der Waals surface area (Å²) in [5.74, 6) is -0.447. The molecule has 0 atom stereocenters. The third-order valence-corrected chi connectivity index (χ3v) is 4.34. The first-order chi connectivity index (χ1) is 12.8. The number of nitrogens with zero attached hydrogens (tertiary/aromatic N) is 1. The van der Waals surface area contributed by atoms with Gasteiger partial charge in [0, 0.05) is 11.3 Å². The van der Waals surface area contributed by atoms with Crippen molar-refractivity contribution in [2.75, 3.05) is 5.32 Å². The molecule has 0 aliphatic heterocycles. The summed E-state index contributed by atoms with van der Waals surface area (Å²) >= 11 is 0. The van der Waals surface area contributed by atoms with E-state index in [9.17, 15) is 18.0 Å². The van der Waals surface area contributed by atoms with Gasteiger partial charge in [0.1, 0.15) is 0 Å².